The molecule has 1 aliphatic rings. The summed E-state index contributed by atoms with van der Waals surface area (Å²) in [6, 6.07) is 0. The number of esters is 5. The number of nitrogens with zero attached hydrogens (tertiary/aromatic N) is 4. The highest BCUT2D eigenvalue weighted by Gasteiger charge is 2.22. The average molecular weight is 1290 g/mol. The number of aliphatic hydroxyl groups excluding tert-OH is 4. The van der Waals surface area contributed by atoms with Crippen LogP contribution < -0.4 is 0 Å². The van der Waals surface area contributed by atoms with Crippen LogP contribution in [0.25, 0.3) is 0 Å². The van der Waals surface area contributed by atoms with E-state index < -0.39 is 24.4 Å². The Kier molecular flexibility index (Phi) is 53.6. The summed E-state index contributed by atoms with van der Waals surface area (Å²) in [5.41, 5.74) is 0. The Morgan fingerprint density at radius 1 is 0.364 bits per heavy atom. The molecule has 4 N–H and O–H groups in total. The van der Waals surface area contributed by atoms with Crippen molar-refractivity contribution in [2.45, 2.75) is 260 Å². The number of piperazine rings is 1. The second-order valence-corrected chi connectivity index (χ2v) is 27.6. The molecular formula is C68H130N4O14S2. The first-order valence-corrected chi connectivity index (χ1v) is 37.6. The van der Waals surface area contributed by atoms with Crippen molar-refractivity contribution in [3.8, 4) is 0 Å². The Hall–Kier alpha value is -2.27. The molecule has 88 heavy (non-hydrogen) atoms. The van der Waals surface area contributed by atoms with E-state index in [2.05, 4.69) is 70.1 Å². The Morgan fingerprint density at radius 2 is 0.648 bits per heavy atom. The van der Waals surface area contributed by atoms with E-state index in [4.69, 9.17) is 23.7 Å². The second-order valence-electron chi connectivity index (χ2n) is 24.9. The van der Waals surface area contributed by atoms with Gasteiger partial charge in [0.25, 0.3) is 0 Å². The Labute approximate surface area is 542 Å². The molecule has 1 rings (SSSR count). The lowest BCUT2D eigenvalue weighted by Crippen LogP contribution is -2.47. The maximum absolute atomic E-state index is 12.9. The fourth-order valence-corrected chi connectivity index (χ4v) is 12.9. The van der Waals surface area contributed by atoms with E-state index in [9.17, 15) is 44.4 Å². The minimum atomic E-state index is -0.654. The number of aliphatic hydroxyl groups is 4. The number of hydrogen-bond acceptors (Lipinski definition) is 20. The zero-order valence-corrected chi connectivity index (χ0v) is 58.5. The summed E-state index contributed by atoms with van der Waals surface area (Å²) in [7, 11) is 3.80. The monoisotopic (exact) mass is 1290 g/mol. The van der Waals surface area contributed by atoms with Crippen LogP contribution in [0.5, 0.6) is 0 Å². The summed E-state index contributed by atoms with van der Waals surface area (Å²) in [6.45, 7) is 27.4. The highest BCUT2D eigenvalue weighted by atomic mass is 33.1. The lowest BCUT2D eigenvalue weighted by atomic mass is 10.1. The number of carbonyl (C=O) groups is 5. The van der Waals surface area contributed by atoms with Crippen LogP contribution >= 0.6 is 21.6 Å². The molecule has 0 aliphatic carbocycles. The van der Waals surface area contributed by atoms with E-state index in [1.807, 2.05) is 26.5 Å². The first-order chi connectivity index (χ1) is 42.5. The molecule has 1 saturated heterocycles. The molecule has 518 valence electrons. The van der Waals surface area contributed by atoms with Crippen molar-refractivity contribution in [2.24, 2.45) is 23.7 Å². The molecule has 0 spiro atoms. The van der Waals surface area contributed by atoms with Gasteiger partial charge in [-0.3, -0.25) is 43.6 Å². The van der Waals surface area contributed by atoms with Crippen LogP contribution in [0, 0.1) is 23.7 Å². The maximum Gasteiger partial charge on any atom is 0.305 e. The third-order valence-electron chi connectivity index (χ3n) is 17.6. The molecule has 0 bridgehead atoms. The van der Waals surface area contributed by atoms with Gasteiger partial charge >= 0.3 is 29.8 Å². The van der Waals surface area contributed by atoms with Crippen LogP contribution in [0.2, 0.25) is 0 Å². The maximum atomic E-state index is 12.9. The largest absolute Gasteiger partial charge is 0.465 e. The summed E-state index contributed by atoms with van der Waals surface area (Å²) in [4.78, 5) is 71.1. The predicted molar refractivity (Wildman–Crippen MR) is 358 cm³/mol. The van der Waals surface area contributed by atoms with Crippen molar-refractivity contribution < 1.29 is 68.1 Å². The van der Waals surface area contributed by atoms with E-state index in [1.54, 1.807) is 0 Å². The first-order valence-electron chi connectivity index (χ1n) is 35.1. The van der Waals surface area contributed by atoms with Crippen LogP contribution in [-0.2, 0) is 47.7 Å². The topological polar surface area (TPSA) is 225 Å². The fourth-order valence-electron chi connectivity index (χ4n) is 10.7. The molecule has 4 unspecified atom stereocenters. The summed E-state index contributed by atoms with van der Waals surface area (Å²) in [6.07, 6.45) is 17.1. The highest BCUT2D eigenvalue weighted by Crippen LogP contribution is 2.24. The van der Waals surface area contributed by atoms with E-state index >= 15 is 0 Å². The zero-order valence-electron chi connectivity index (χ0n) is 56.8. The summed E-state index contributed by atoms with van der Waals surface area (Å²) in [5.74, 6) is 2.61. The second kappa shape index (κ2) is 56.3. The highest BCUT2D eigenvalue weighted by molar-refractivity contribution is 8.76. The molecule has 4 atom stereocenters. The Balaban J connectivity index is 2.49. The summed E-state index contributed by atoms with van der Waals surface area (Å²) < 4.78 is 27.5. The van der Waals surface area contributed by atoms with Crippen LogP contribution in [0.15, 0.2) is 0 Å². The standard InChI is InChI=1S/C68H130N4O14S2/c1-9-56(10-2)52-83-65(78)32-21-17-28-60(73)48-71(49-61(74)29-18-22-33-66(79)84-53-57(11-3)12-4)37-25-26-46-87-88-47-44-70-41-39-69(40-42-70)43-45-82-64(77)36-27-38-72(50-62(75)30-19-23-34-67(80)85-54-58(13-5)14-6)51-63(76)31-20-24-35-68(81)86-55-59(15-7)16-8/h56-63,73-76H,9-55H2,1-8H3. The molecule has 0 aromatic heterocycles. The molecule has 0 aromatic carbocycles. The molecule has 0 amide bonds. The van der Waals surface area contributed by atoms with Gasteiger partial charge in [-0.2, -0.15) is 0 Å². The number of hydrogen-bond donors (Lipinski definition) is 4. The number of carbonyl (C=O) groups excluding carboxylic acids is 5. The molecule has 1 aliphatic heterocycles. The lowest BCUT2D eigenvalue weighted by Gasteiger charge is -2.34. The van der Waals surface area contributed by atoms with Crippen molar-refractivity contribution in [2.75, 3.05) is 123 Å². The van der Waals surface area contributed by atoms with Crippen molar-refractivity contribution in [1.82, 2.24) is 19.6 Å². The minimum absolute atomic E-state index is 0.170. The third kappa shape index (κ3) is 46.7. The van der Waals surface area contributed by atoms with Crippen molar-refractivity contribution in [1.29, 1.82) is 0 Å². The molecular weight excluding hydrogens is 1160 g/mol. The van der Waals surface area contributed by atoms with E-state index in [1.165, 1.54) is 0 Å². The SMILES string of the molecule is CCC(CC)COC(=O)CCCCC(O)CN(CCCCSSCCN1CCN(CCOC(=O)CCCN(CC(O)CCCCC(=O)OCC(CC)CC)CC(O)CCCCC(=O)OCC(CC)CC)CC1)CC(O)CCCCC(=O)OCC(CC)CC. The van der Waals surface area contributed by atoms with Crippen LogP contribution in [0.1, 0.15) is 235 Å². The Morgan fingerprint density at radius 3 is 0.977 bits per heavy atom. The lowest BCUT2D eigenvalue weighted by molar-refractivity contribution is -0.146. The van der Waals surface area contributed by atoms with Gasteiger partial charge in [-0.25, -0.2) is 0 Å². The van der Waals surface area contributed by atoms with Crippen LogP contribution in [0.4, 0.5) is 0 Å². The van der Waals surface area contributed by atoms with Gasteiger partial charge in [0, 0.05) is 109 Å². The molecule has 1 fully saturated rings. The average Bonchev–Trinajstić information content (AvgIpc) is 3.56. The molecule has 1 heterocycles. The van der Waals surface area contributed by atoms with Gasteiger partial charge in [-0.1, -0.05) is 154 Å². The van der Waals surface area contributed by atoms with Crippen LogP contribution in [0.3, 0.4) is 0 Å². The molecule has 18 nitrogen and oxygen atoms in total. The summed E-state index contributed by atoms with van der Waals surface area (Å²) in [5, 5.41) is 44.2. The van der Waals surface area contributed by atoms with Crippen molar-refractivity contribution in [3.05, 3.63) is 0 Å². The van der Waals surface area contributed by atoms with Gasteiger partial charge in [-0.05, 0) is 107 Å². The molecule has 20 heteroatoms. The van der Waals surface area contributed by atoms with Gasteiger partial charge in [0.05, 0.1) is 50.8 Å². The van der Waals surface area contributed by atoms with Gasteiger partial charge in [0.1, 0.15) is 6.61 Å². The van der Waals surface area contributed by atoms with Gasteiger partial charge in [-0.15, -0.1) is 0 Å². The molecule has 0 saturated carbocycles. The first kappa shape index (κ1) is 83.7. The summed E-state index contributed by atoms with van der Waals surface area (Å²) >= 11 is 0. The third-order valence-corrected chi connectivity index (χ3v) is 20.1. The quantitative estimate of drug-likeness (QED) is 0.0192. The minimum Gasteiger partial charge on any atom is -0.465 e. The van der Waals surface area contributed by atoms with E-state index in [0.29, 0.717) is 192 Å². The number of rotatable bonds is 60. The smallest absolute Gasteiger partial charge is 0.305 e. The van der Waals surface area contributed by atoms with Crippen molar-refractivity contribution in [3.63, 3.8) is 0 Å². The molecule has 0 aromatic rings. The van der Waals surface area contributed by atoms with E-state index in [-0.39, 0.29) is 36.3 Å². The van der Waals surface area contributed by atoms with Gasteiger partial charge in [0.2, 0.25) is 0 Å². The number of ether oxygens (including phenoxy) is 5. The fraction of sp³-hybridized carbons (Fsp3) is 0.926. The number of unbranched alkanes of at least 4 members (excludes halogenated alkanes) is 5. The van der Waals surface area contributed by atoms with Gasteiger partial charge in [0.15, 0.2) is 0 Å². The van der Waals surface area contributed by atoms with E-state index in [0.717, 1.165) is 128 Å². The van der Waals surface area contributed by atoms with Crippen LogP contribution in [-0.4, -0.2) is 217 Å². The zero-order chi connectivity index (χ0) is 65.0. The Bertz CT molecular complexity index is 1620. The normalized spacial score (nSPS) is 14.8. The molecule has 0 radical (unpaired) electrons. The van der Waals surface area contributed by atoms with Gasteiger partial charge < -0.3 is 44.1 Å². The van der Waals surface area contributed by atoms with Crippen molar-refractivity contribution >= 4 is 51.4 Å². The predicted octanol–water partition coefficient (Wildman–Crippen LogP) is 11.3.